The highest BCUT2D eigenvalue weighted by atomic mass is 35.5. The van der Waals surface area contributed by atoms with Gasteiger partial charge in [0, 0.05) is 25.6 Å². The van der Waals surface area contributed by atoms with E-state index in [1.807, 2.05) is 11.5 Å². The Labute approximate surface area is 159 Å². The number of ether oxygens (including phenoxy) is 1. The third-order valence-corrected chi connectivity index (χ3v) is 4.49. The summed E-state index contributed by atoms with van der Waals surface area (Å²) in [6, 6.07) is 2.94. The molecule has 0 saturated heterocycles. The summed E-state index contributed by atoms with van der Waals surface area (Å²) < 4.78 is 7.79. The van der Waals surface area contributed by atoms with Gasteiger partial charge in [0.15, 0.2) is 11.4 Å². The van der Waals surface area contributed by atoms with E-state index in [2.05, 4.69) is 15.5 Å². The van der Waals surface area contributed by atoms with Gasteiger partial charge in [-0.05, 0) is 25.2 Å². The van der Waals surface area contributed by atoms with Crippen molar-refractivity contribution in [3.63, 3.8) is 0 Å². The molecular formula is C14H15Cl3N4O2S. The molecule has 2 N–H and O–H groups in total. The van der Waals surface area contributed by atoms with Gasteiger partial charge in [-0.3, -0.25) is 9.89 Å². The maximum atomic E-state index is 11.8. The van der Waals surface area contributed by atoms with Crippen LogP contribution >= 0.6 is 47.0 Å². The van der Waals surface area contributed by atoms with E-state index in [1.165, 1.54) is 12.1 Å². The minimum Gasteiger partial charge on any atom is -0.482 e. The van der Waals surface area contributed by atoms with Crippen molar-refractivity contribution < 1.29 is 9.53 Å². The number of carbonyl (C=O) groups excluding carboxylic acids is 1. The first-order valence-corrected chi connectivity index (χ1v) is 8.64. The van der Waals surface area contributed by atoms with E-state index < -0.39 is 0 Å². The SMILES string of the molecule is CCn1c(CCNC(=O)COc2cc(Cl)c(Cl)cc2Cl)n[nH]c1=S. The Morgan fingerprint density at radius 1 is 1.33 bits per heavy atom. The van der Waals surface area contributed by atoms with Gasteiger partial charge >= 0.3 is 0 Å². The fourth-order valence-corrected chi connectivity index (χ4v) is 2.86. The van der Waals surface area contributed by atoms with Crippen molar-refractivity contribution in [1.82, 2.24) is 20.1 Å². The van der Waals surface area contributed by atoms with Crippen LogP contribution in [0.25, 0.3) is 0 Å². The number of nitrogens with one attached hydrogen (secondary N) is 2. The number of benzene rings is 1. The average Bonchev–Trinajstić information content (AvgIpc) is 2.89. The predicted molar refractivity (Wildman–Crippen MR) is 96.8 cm³/mol. The molecule has 0 radical (unpaired) electrons. The van der Waals surface area contributed by atoms with Crippen molar-refractivity contribution in [2.75, 3.05) is 13.2 Å². The van der Waals surface area contributed by atoms with Gasteiger partial charge in [-0.1, -0.05) is 34.8 Å². The summed E-state index contributed by atoms with van der Waals surface area (Å²) >= 11 is 22.8. The highest BCUT2D eigenvalue weighted by Gasteiger charge is 2.10. The minimum atomic E-state index is -0.283. The highest BCUT2D eigenvalue weighted by molar-refractivity contribution is 7.71. The normalized spacial score (nSPS) is 10.7. The third-order valence-electron chi connectivity index (χ3n) is 3.16. The average molecular weight is 410 g/mol. The van der Waals surface area contributed by atoms with Gasteiger partial charge in [-0.15, -0.1) is 0 Å². The summed E-state index contributed by atoms with van der Waals surface area (Å²) in [6.45, 7) is 2.93. The van der Waals surface area contributed by atoms with Gasteiger partial charge < -0.3 is 14.6 Å². The minimum absolute atomic E-state index is 0.182. The molecule has 1 amide bonds. The fourth-order valence-electron chi connectivity index (χ4n) is 1.99. The van der Waals surface area contributed by atoms with Crippen LogP contribution in [0.2, 0.25) is 15.1 Å². The number of carbonyl (C=O) groups is 1. The summed E-state index contributed by atoms with van der Waals surface area (Å²) in [5.41, 5.74) is 0. The molecule has 0 saturated carbocycles. The first-order valence-electron chi connectivity index (χ1n) is 7.10. The highest BCUT2D eigenvalue weighted by Crippen LogP contribution is 2.33. The first kappa shape index (κ1) is 19.1. The molecule has 1 aromatic carbocycles. The maximum Gasteiger partial charge on any atom is 0.257 e. The maximum absolute atomic E-state index is 11.8. The second-order valence-electron chi connectivity index (χ2n) is 4.77. The first-order chi connectivity index (χ1) is 11.4. The topological polar surface area (TPSA) is 71.9 Å². The number of H-pyrrole nitrogens is 1. The largest absolute Gasteiger partial charge is 0.482 e. The molecule has 1 aromatic heterocycles. The molecule has 24 heavy (non-hydrogen) atoms. The zero-order valence-electron chi connectivity index (χ0n) is 12.7. The Morgan fingerprint density at radius 3 is 2.75 bits per heavy atom. The van der Waals surface area contributed by atoms with Crippen molar-refractivity contribution in [2.45, 2.75) is 19.9 Å². The molecule has 0 aliphatic heterocycles. The lowest BCUT2D eigenvalue weighted by Crippen LogP contribution is -2.31. The monoisotopic (exact) mass is 408 g/mol. The summed E-state index contributed by atoms with van der Waals surface area (Å²) in [6.07, 6.45) is 0.556. The van der Waals surface area contributed by atoms with E-state index in [1.54, 1.807) is 0 Å². The fraction of sp³-hybridized carbons (Fsp3) is 0.357. The van der Waals surface area contributed by atoms with Gasteiger partial charge in [-0.25, -0.2) is 0 Å². The number of rotatable bonds is 7. The van der Waals surface area contributed by atoms with Crippen LogP contribution in [0, 0.1) is 4.77 Å². The van der Waals surface area contributed by atoms with E-state index in [4.69, 9.17) is 51.8 Å². The zero-order valence-corrected chi connectivity index (χ0v) is 15.8. The summed E-state index contributed by atoms with van der Waals surface area (Å²) in [4.78, 5) is 11.8. The van der Waals surface area contributed by atoms with Crippen molar-refractivity contribution >= 4 is 52.9 Å². The quantitative estimate of drug-likeness (QED) is 0.541. The van der Waals surface area contributed by atoms with E-state index in [0.717, 1.165) is 12.4 Å². The van der Waals surface area contributed by atoms with Gasteiger partial charge in [0.25, 0.3) is 5.91 Å². The Kier molecular flexibility index (Phi) is 6.91. The van der Waals surface area contributed by atoms with E-state index in [9.17, 15) is 4.79 Å². The molecule has 130 valence electrons. The van der Waals surface area contributed by atoms with Crippen LogP contribution in [-0.4, -0.2) is 33.8 Å². The smallest absolute Gasteiger partial charge is 0.257 e. The van der Waals surface area contributed by atoms with Crippen LogP contribution in [-0.2, 0) is 17.8 Å². The molecule has 0 aliphatic rings. The van der Waals surface area contributed by atoms with Gasteiger partial charge in [0.05, 0.1) is 15.1 Å². The lowest BCUT2D eigenvalue weighted by Gasteiger charge is -2.10. The van der Waals surface area contributed by atoms with Crippen LogP contribution in [0.15, 0.2) is 12.1 Å². The Balaban J connectivity index is 1.82. The molecule has 6 nitrogen and oxygen atoms in total. The number of hydrogen-bond acceptors (Lipinski definition) is 4. The lowest BCUT2D eigenvalue weighted by atomic mass is 10.3. The van der Waals surface area contributed by atoms with E-state index in [0.29, 0.717) is 33.5 Å². The molecule has 0 spiro atoms. The molecule has 0 unspecified atom stereocenters. The second kappa shape index (κ2) is 8.71. The molecule has 0 fully saturated rings. The zero-order chi connectivity index (χ0) is 17.7. The molecule has 1 heterocycles. The molecule has 2 rings (SSSR count). The number of aromatic amines is 1. The number of aromatic nitrogens is 3. The summed E-state index contributed by atoms with van der Waals surface area (Å²) in [7, 11) is 0. The Morgan fingerprint density at radius 2 is 2.04 bits per heavy atom. The van der Waals surface area contributed by atoms with Crippen LogP contribution in [0.3, 0.4) is 0 Å². The number of hydrogen-bond donors (Lipinski definition) is 2. The molecule has 0 bridgehead atoms. The molecule has 10 heteroatoms. The summed E-state index contributed by atoms with van der Waals surface area (Å²) in [5.74, 6) is 0.804. The molecule has 0 atom stereocenters. The van der Waals surface area contributed by atoms with Gasteiger partial charge in [0.2, 0.25) is 0 Å². The van der Waals surface area contributed by atoms with Crippen molar-refractivity contribution in [3.05, 3.63) is 37.8 Å². The van der Waals surface area contributed by atoms with Gasteiger partial charge in [-0.2, -0.15) is 5.10 Å². The van der Waals surface area contributed by atoms with Crippen LogP contribution < -0.4 is 10.1 Å². The van der Waals surface area contributed by atoms with Crippen molar-refractivity contribution in [2.24, 2.45) is 0 Å². The van der Waals surface area contributed by atoms with Crippen molar-refractivity contribution in [3.8, 4) is 5.75 Å². The Hall–Kier alpha value is -1.28. The number of nitrogens with zero attached hydrogens (tertiary/aromatic N) is 2. The van der Waals surface area contributed by atoms with E-state index >= 15 is 0 Å². The number of halogens is 3. The third kappa shape index (κ3) is 4.86. The molecular weight excluding hydrogens is 395 g/mol. The predicted octanol–water partition coefficient (Wildman–Crippen LogP) is 3.66. The molecule has 2 aromatic rings. The second-order valence-corrected chi connectivity index (χ2v) is 6.38. The standard InChI is InChI=1S/C14H15Cl3N4O2S/c1-2-21-12(19-20-14(21)24)3-4-18-13(22)7-23-11-6-9(16)8(15)5-10(11)17/h5-6H,2-4,7H2,1H3,(H,18,22)(H,20,24). The van der Waals surface area contributed by atoms with E-state index in [-0.39, 0.29) is 17.5 Å². The lowest BCUT2D eigenvalue weighted by molar-refractivity contribution is -0.123. The summed E-state index contributed by atoms with van der Waals surface area (Å²) in [5, 5.41) is 10.5. The van der Waals surface area contributed by atoms with Crippen LogP contribution in [0.5, 0.6) is 5.75 Å². The molecule has 0 aliphatic carbocycles. The van der Waals surface area contributed by atoms with Crippen LogP contribution in [0.1, 0.15) is 12.7 Å². The van der Waals surface area contributed by atoms with Crippen LogP contribution in [0.4, 0.5) is 0 Å². The van der Waals surface area contributed by atoms with Crippen molar-refractivity contribution in [1.29, 1.82) is 0 Å². The Bertz CT molecular complexity index is 791. The van der Waals surface area contributed by atoms with Gasteiger partial charge in [0.1, 0.15) is 11.6 Å². The number of amides is 1.